The van der Waals surface area contributed by atoms with Gasteiger partial charge in [-0.15, -0.1) is 5.10 Å². The first-order valence-corrected chi connectivity index (χ1v) is 8.84. The van der Waals surface area contributed by atoms with E-state index < -0.39 is 11.2 Å². The molecule has 2 aromatic carbocycles. The number of carboxylic acid groups (broad SMARTS) is 1. The van der Waals surface area contributed by atoms with E-state index in [4.69, 9.17) is 5.11 Å². The van der Waals surface area contributed by atoms with Gasteiger partial charge in [-0.25, -0.2) is 0 Å². The van der Waals surface area contributed by atoms with Gasteiger partial charge in [0.05, 0.1) is 24.3 Å². The molecule has 2 N–H and O–H groups in total. The molecule has 134 valence electrons. The molecule has 0 aromatic heterocycles. The molecule has 0 bridgehead atoms. The Balaban J connectivity index is 1.75. The van der Waals surface area contributed by atoms with Crippen molar-refractivity contribution in [2.45, 2.75) is 11.7 Å². The zero-order valence-electron chi connectivity index (χ0n) is 14.0. The molecule has 1 unspecified atom stereocenters. The maximum atomic E-state index is 11.7. The summed E-state index contributed by atoms with van der Waals surface area (Å²) in [6, 6.07) is 17.0. The zero-order valence-corrected chi connectivity index (χ0v) is 14.8. The number of hydrogen-bond donors (Lipinski definition) is 2. The summed E-state index contributed by atoms with van der Waals surface area (Å²) in [5.74, 6) is -1.42. The van der Waals surface area contributed by atoms with Gasteiger partial charge in [0.1, 0.15) is 5.25 Å². The van der Waals surface area contributed by atoms with Crippen LogP contribution in [0.2, 0.25) is 0 Å². The fourth-order valence-corrected chi connectivity index (χ4v) is 3.43. The maximum absolute atomic E-state index is 11.7. The molecular weight excluding hydrogens is 364 g/mol. The van der Waals surface area contributed by atoms with Crippen molar-refractivity contribution >= 4 is 35.0 Å². The molecule has 1 atom stereocenters. The van der Waals surface area contributed by atoms with Crippen molar-refractivity contribution in [2.75, 3.05) is 0 Å². The van der Waals surface area contributed by atoms with Crippen LogP contribution in [0, 0.1) is 11.3 Å². The molecule has 7 nitrogen and oxygen atoms in total. The number of carbonyl (C=O) groups excluding carboxylic acids is 1. The summed E-state index contributed by atoms with van der Waals surface area (Å²) in [6.45, 7) is 0. The molecule has 1 heterocycles. The van der Waals surface area contributed by atoms with Gasteiger partial charge in [0.2, 0.25) is 5.91 Å². The van der Waals surface area contributed by atoms with Crippen molar-refractivity contribution in [1.82, 2.24) is 5.32 Å². The van der Waals surface area contributed by atoms with E-state index in [9.17, 15) is 14.9 Å². The standard InChI is InChI=1S/C19H14N4O3S/c20-10-14-5-1-2-7-15(14)13-6-3-4-12(8-13)11-21-23-19-22-18(26)16(27-19)9-17(24)25/h1-8,11,16H,9H2,(H,24,25)(H,22,23,26). The van der Waals surface area contributed by atoms with Gasteiger partial charge in [0.25, 0.3) is 0 Å². The minimum atomic E-state index is -1.04. The molecule has 8 heteroatoms. The highest BCUT2D eigenvalue weighted by Crippen LogP contribution is 2.24. The average molecular weight is 378 g/mol. The van der Waals surface area contributed by atoms with Crippen molar-refractivity contribution in [3.05, 3.63) is 59.7 Å². The molecule has 1 saturated heterocycles. The second-order valence-electron chi connectivity index (χ2n) is 5.63. The van der Waals surface area contributed by atoms with Gasteiger partial charge in [0.15, 0.2) is 5.17 Å². The molecule has 1 fully saturated rings. The summed E-state index contributed by atoms with van der Waals surface area (Å²) in [5, 5.41) is 28.0. The van der Waals surface area contributed by atoms with Crippen LogP contribution in [0.4, 0.5) is 0 Å². The highest BCUT2D eigenvalue weighted by molar-refractivity contribution is 8.15. The highest BCUT2D eigenvalue weighted by atomic mass is 32.2. The van der Waals surface area contributed by atoms with Crippen LogP contribution in [-0.4, -0.2) is 33.6 Å². The van der Waals surface area contributed by atoms with E-state index >= 15 is 0 Å². The fourth-order valence-electron chi connectivity index (χ4n) is 2.51. The van der Waals surface area contributed by atoms with Gasteiger partial charge >= 0.3 is 5.97 Å². The monoisotopic (exact) mass is 378 g/mol. The number of amidine groups is 1. The van der Waals surface area contributed by atoms with Crippen LogP contribution < -0.4 is 5.32 Å². The first kappa shape index (κ1) is 18.4. The van der Waals surface area contributed by atoms with Gasteiger partial charge in [-0.2, -0.15) is 10.4 Å². The van der Waals surface area contributed by atoms with E-state index in [0.717, 1.165) is 28.5 Å². The minimum absolute atomic E-state index is 0.264. The van der Waals surface area contributed by atoms with Crippen molar-refractivity contribution in [3.8, 4) is 17.2 Å². The van der Waals surface area contributed by atoms with E-state index in [1.807, 2.05) is 42.5 Å². The lowest BCUT2D eigenvalue weighted by molar-refractivity contribution is -0.138. The van der Waals surface area contributed by atoms with E-state index in [2.05, 4.69) is 21.6 Å². The normalized spacial score (nSPS) is 17.8. The van der Waals surface area contributed by atoms with Gasteiger partial charge in [0, 0.05) is 0 Å². The molecule has 3 rings (SSSR count). The highest BCUT2D eigenvalue weighted by Gasteiger charge is 2.32. The Kier molecular flexibility index (Phi) is 5.64. The van der Waals surface area contributed by atoms with E-state index in [0.29, 0.717) is 5.56 Å². The Labute approximate surface area is 159 Å². The molecular formula is C19H14N4O3S. The van der Waals surface area contributed by atoms with E-state index in [1.54, 1.807) is 6.07 Å². The summed E-state index contributed by atoms with van der Waals surface area (Å²) in [6.07, 6.45) is 1.27. The number of nitrogens with zero attached hydrogens (tertiary/aromatic N) is 3. The number of amides is 1. The smallest absolute Gasteiger partial charge is 0.305 e. The quantitative estimate of drug-likeness (QED) is 0.613. The first-order valence-electron chi connectivity index (χ1n) is 7.96. The van der Waals surface area contributed by atoms with Gasteiger partial charge in [-0.05, 0) is 28.8 Å². The second kappa shape index (κ2) is 8.29. The number of rotatable bonds is 5. The lowest BCUT2D eigenvalue weighted by atomic mass is 9.99. The molecule has 0 aliphatic carbocycles. The SMILES string of the molecule is N#Cc1ccccc1-c1cccc(C=NN=C2NC(=O)C(CC(=O)O)S2)c1. The fraction of sp³-hybridized carbons (Fsp3) is 0.105. The summed E-state index contributed by atoms with van der Waals surface area (Å²) < 4.78 is 0. The third-order valence-electron chi connectivity index (χ3n) is 3.74. The molecule has 0 spiro atoms. The Hall–Kier alpha value is -3.44. The topological polar surface area (TPSA) is 115 Å². The van der Waals surface area contributed by atoms with Gasteiger partial charge in [-0.1, -0.05) is 48.2 Å². The predicted octanol–water partition coefficient (Wildman–Crippen LogP) is 2.62. The minimum Gasteiger partial charge on any atom is -0.481 e. The first-order chi connectivity index (χ1) is 13.1. The van der Waals surface area contributed by atoms with Crippen LogP contribution in [0.1, 0.15) is 17.5 Å². The van der Waals surface area contributed by atoms with Crippen LogP contribution >= 0.6 is 11.8 Å². The van der Waals surface area contributed by atoms with E-state index in [-0.39, 0.29) is 17.5 Å². The third kappa shape index (κ3) is 4.59. The summed E-state index contributed by atoms with van der Waals surface area (Å²) >= 11 is 1.05. The molecule has 0 radical (unpaired) electrons. The van der Waals surface area contributed by atoms with Crippen molar-refractivity contribution in [3.63, 3.8) is 0 Å². The van der Waals surface area contributed by atoms with Crippen LogP contribution in [-0.2, 0) is 9.59 Å². The average Bonchev–Trinajstić information content (AvgIpc) is 3.00. The molecule has 1 aliphatic rings. The van der Waals surface area contributed by atoms with Crippen LogP contribution in [0.5, 0.6) is 0 Å². The van der Waals surface area contributed by atoms with Crippen molar-refractivity contribution < 1.29 is 14.7 Å². The third-order valence-corrected chi connectivity index (χ3v) is 4.81. The number of carboxylic acids is 1. The predicted molar refractivity (Wildman–Crippen MR) is 103 cm³/mol. The number of thioether (sulfide) groups is 1. The molecule has 27 heavy (non-hydrogen) atoms. The Bertz CT molecular complexity index is 994. The van der Waals surface area contributed by atoms with Crippen molar-refractivity contribution in [1.29, 1.82) is 5.26 Å². The number of nitrogens with one attached hydrogen (secondary N) is 1. The largest absolute Gasteiger partial charge is 0.481 e. The van der Waals surface area contributed by atoms with Crippen LogP contribution in [0.15, 0.2) is 58.7 Å². The number of benzene rings is 2. The number of nitriles is 1. The maximum Gasteiger partial charge on any atom is 0.305 e. The summed E-state index contributed by atoms with van der Waals surface area (Å²) in [5.41, 5.74) is 3.08. The molecule has 1 aliphatic heterocycles. The summed E-state index contributed by atoms with van der Waals surface area (Å²) in [7, 11) is 0. The molecule has 1 amide bonds. The Morgan fingerprint density at radius 1 is 1.30 bits per heavy atom. The lowest BCUT2D eigenvalue weighted by Gasteiger charge is -2.04. The molecule has 0 saturated carbocycles. The number of aliphatic carboxylic acids is 1. The van der Waals surface area contributed by atoms with Crippen LogP contribution in [0.3, 0.4) is 0 Å². The van der Waals surface area contributed by atoms with Crippen molar-refractivity contribution in [2.24, 2.45) is 10.2 Å². The van der Waals surface area contributed by atoms with Gasteiger partial charge < -0.3 is 10.4 Å². The Morgan fingerprint density at radius 3 is 2.89 bits per heavy atom. The number of hydrogen-bond acceptors (Lipinski definition) is 6. The van der Waals surface area contributed by atoms with Crippen LogP contribution in [0.25, 0.3) is 11.1 Å². The molecule has 2 aromatic rings. The second-order valence-corrected chi connectivity index (χ2v) is 6.82. The van der Waals surface area contributed by atoms with Gasteiger partial charge in [-0.3, -0.25) is 9.59 Å². The Morgan fingerprint density at radius 2 is 2.11 bits per heavy atom. The lowest BCUT2D eigenvalue weighted by Crippen LogP contribution is -2.26. The summed E-state index contributed by atoms with van der Waals surface area (Å²) in [4.78, 5) is 22.4. The number of carbonyl (C=O) groups is 2. The van der Waals surface area contributed by atoms with E-state index in [1.165, 1.54) is 6.21 Å². The zero-order chi connectivity index (χ0) is 19.2.